The normalized spacial score (nSPS) is 29.7. The van der Waals surface area contributed by atoms with Crippen LogP contribution in [0.15, 0.2) is 18.5 Å². The zero-order valence-electron chi connectivity index (χ0n) is 10.5. The van der Waals surface area contributed by atoms with Crippen LogP contribution in [0, 0.1) is 11.8 Å². The number of aromatic nitrogens is 1. The van der Waals surface area contributed by atoms with E-state index in [0.29, 0.717) is 24.5 Å². The predicted molar refractivity (Wildman–Crippen MR) is 68.5 cm³/mol. The molecule has 3 rings (SSSR count). The lowest BCUT2D eigenvalue weighted by Crippen LogP contribution is -2.46. The molecule has 0 amide bonds. The molecule has 4 heteroatoms. The molecule has 1 aliphatic heterocycles. The van der Waals surface area contributed by atoms with Crippen molar-refractivity contribution in [3.63, 3.8) is 0 Å². The van der Waals surface area contributed by atoms with Gasteiger partial charge in [-0.25, -0.2) is 0 Å². The monoisotopic (exact) mass is 248 g/mol. The maximum absolute atomic E-state index is 9.04. The second kappa shape index (κ2) is 5.24. The Morgan fingerprint density at radius 2 is 2.28 bits per heavy atom. The number of aliphatic hydroxyl groups is 1. The highest BCUT2D eigenvalue weighted by Crippen LogP contribution is 2.40. The van der Waals surface area contributed by atoms with Crippen molar-refractivity contribution in [2.75, 3.05) is 19.8 Å². The third-order valence-electron chi connectivity index (χ3n) is 3.95. The fourth-order valence-corrected chi connectivity index (χ4v) is 2.43. The molecular formula is C14H20N2O2. The first-order valence-electron chi connectivity index (χ1n) is 6.76. The maximum atomic E-state index is 9.04. The van der Waals surface area contributed by atoms with E-state index in [9.17, 15) is 0 Å². The van der Waals surface area contributed by atoms with E-state index in [1.807, 2.05) is 6.20 Å². The highest BCUT2D eigenvalue weighted by Gasteiger charge is 2.36. The van der Waals surface area contributed by atoms with E-state index in [-0.39, 0.29) is 0 Å². The molecule has 1 aliphatic carbocycles. The highest BCUT2D eigenvalue weighted by molar-refractivity contribution is 5.24. The van der Waals surface area contributed by atoms with Gasteiger partial charge in [0.1, 0.15) is 12.4 Å². The Balaban J connectivity index is 1.51. The van der Waals surface area contributed by atoms with Crippen LogP contribution >= 0.6 is 0 Å². The standard InChI is InChI=1S/C14H20N2O2/c17-8-12-5-11(12)3-10-4-14(7-15-6-10)18-9-13-1-2-16-13/h4,6-7,11-13,16-17H,1-3,5,8-9H2. The van der Waals surface area contributed by atoms with Crippen molar-refractivity contribution in [3.8, 4) is 5.75 Å². The second-order valence-electron chi connectivity index (χ2n) is 5.42. The molecule has 2 N–H and O–H groups in total. The quantitative estimate of drug-likeness (QED) is 0.788. The minimum absolute atomic E-state index is 0.321. The zero-order valence-corrected chi connectivity index (χ0v) is 10.5. The molecule has 4 nitrogen and oxygen atoms in total. The molecule has 1 aromatic rings. The SMILES string of the molecule is OCC1CC1Cc1cncc(OCC2CCN2)c1. The van der Waals surface area contributed by atoms with Crippen molar-refractivity contribution in [3.05, 3.63) is 24.0 Å². The largest absolute Gasteiger partial charge is 0.490 e. The van der Waals surface area contributed by atoms with Crippen molar-refractivity contribution in [1.82, 2.24) is 10.3 Å². The Morgan fingerprint density at radius 3 is 2.94 bits per heavy atom. The molecule has 2 heterocycles. The van der Waals surface area contributed by atoms with Crippen molar-refractivity contribution in [2.24, 2.45) is 11.8 Å². The number of nitrogens with zero attached hydrogens (tertiary/aromatic N) is 1. The van der Waals surface area contributed by atoms with Crippen molar-refractivity contribution in [1.29, 1.82) is 0 Å². The number of ether oxygens (including phenoxy) is 1. The van der Waals surface area contributed by atoms with E-state index in [2.05, 4.69) is 16.4 Å². The molecule has 1 saturated heterocycles. The number of rotatable bonds is 6. The number of nitrogens with one attached hydrogen (secondary N) is 1. The second-order valence-corrected chi connectivity index (χ2v) is 5.42. The fourth-order valence-electron chi connectivity index (χ4n) is 2.43. The molecule has 0 radical (unpaired) electrons. The van der Waals surface area contributed by atoms with Crippen LogP contribution in [0.5, 0.6) is 5.75 Å². The summed E-state index contributed by atoms with van der Waals surface area (Å²) in [5.74, 6) is 2.01. The van der Waals surface area contributed by atoms with Crippen LogP contribution in [-0.4, -0.2) is 35.9 Å². The summed E-state index contributed by atoms with van der Waals surface area (Å²) in [5.41, 5.74) is 1.22. The Morgan fingerprint density at radius 1 is 1.39 bits per heavy atom. The topological polar surface area (TPSA) is 54.4 Å². The van der Waals surface area contributed by atoms with Crippen molar-refractivity contribution < 1.29 is 9.84 Å². The van der Waals surface area contributed by atoms with Gasteiger partial charge in [-0.05, 0) is 49.3 Å². The fraction of sp³-hybridized carbons (Fsp3) is 0.643. The average Bonchev–Trinajstić information content (AvgIpc) is 3.06. The van der Waals surface area contributed by atoms with Gasteiger partial charge < -0.3 is 15.2 Å². The summed E-state index contributed by atoms with van der Waals surface area (Å²) in [6.07, 6.45) is 7.04. The highest BCUT2D eigenvalue weighted by atomic mass is 16.5. The van der Waals surface area contributed by atoms with Gasteiger partial charge in [-0.15, -0.1) is 0 Å². The van der Waals surface area contributed by atoms with E-state index in [1.165, 1.54) is 12.0 Å². The molecule has 3 unspecified atom stereocenters. The molecule has 0 spiro atoms. The van der Waals surface area contributed by atoms with Gasteiger partial charge in [0.15, 0.2) is 0 Å². The first-order valence-corrected chi connectivity index (χ1v) is 6.76. The first-order chi connectivity index (χ1) is 8.85. The van der Waals surface area contributed by atoms with E-state index < -0.39 is 0 Å². The summed E-state index contributed by atoms with van der Waals surface area (Å²) >= 11 is 0. The number of aliphatic hydroxyl groups excluding tert-OH is 1. The molecule has 1 saturated carbocycles. The minimum atomic E-state index is 0.321. The molecule has 98 valence electrons. The lowest BCUT2D eigenvalue weighted by atomic mass is 10.1. The van der Waals surface area contributed by atoms with Gasteiger partial charge >= 0.3 is 0 Å². The van der Waals surface area contributed by atoms with Gasteiger partial charge in [-0.1, -0.05) is 0 Å². The molecule has 2 fully saturated rings. The number of hydrogen-bond acceptors (Lipinski definition) is 4. The van der Waals surface area contributed by atoms with Gasteiger partial charge in [0.05, 0.1) is 6.20 Å². The summed E-state index contributed by atoms with van der Waals surface area (Å²) in [6, 6.07) is 2.59. The molecule has 0 bridgehead atoms. The van der Waals surface area contributed by atoms with Crippen molar-refractivity contribution in [2.45, 2.75) is 25.3 Å². The van der Waals surface area contributed by atoms with E-state index >= 15 is 0 Å². The van der Waals surface area contributed by atoms with E-state index in [4.69, 9.17) is 9.84 Å². The molecule has 1 aromatic heterocycles. The number of hydrogen-bond donors (Lipinski definition) is 2. The summed E-state index contributed by atoms with van der Waals surface area (Å²) < 4.78 is 5.73. The van der Waals surface area contributed by atoms with Gasteiger partial charge in [-0.2, -0.15) is 0 Å². The van der Waals surface area contributed by atoms with Gasteiger partial charge in [0.2, 0.25) is 0 Å². The molecular weight excluding hydrogens is 228 g/mol. The van der Waals surface area contributed by atoms with Crippen LogP contribution in [0.3, 0.4) is 0 Å². The minimum Gasteiger partial charge on any atom is -0.490 e. The van der Waals surface area contributed by atoms with Crippen LogP contribution in [-0.2, 0) is 6.42 Å². The summed E-state index contributed by atoms with van der Waals surface area (Å²) in [7, 11) is 0. The van der Waals surface area contributed by atoms with Crippen LogP contribution in [0.25, 0.3) is 0 Å². The predicted octanol–water partition coefficient (Wildman–Crippen LogP) is 0.993. The molecule has 0 aromatic carbocycles. The Bertz CT molecular complexity index is 407. The van der Waals surface area contributed by atoms with Crippen LogP contribution in [0.4, 0.5) is 0 Å². The van der Waals surface area contributed by atoms with Gasteiger partial charge in [0, 0.05) is 18.8 Å². The zero-order chi connectivity index (χ0) is 12.4. The van der Waals surface area contributed by atoms with E-state index in [0.717, 1.165) is 31.7 Å². The van der Waals surface area contributed by atoms with E-state index in [1.54, 1.807) is 6.20 Å². The third kappa shape index (κ3) is 2.82. The lowest BCUT2D eigenvalue weighted by Gasteiger charge is -2.27. The van der Waals surface area contributed by atoms with Crippen LogP contribution in [0.1, 0.15) is 18.4 Å². The molecule has 18 heavy (non-hydrogen) atoms. The molecule has 2 aliphatic rings. The van der Waals surface area contributed by atoms with Crippen LogP contribution < -0.4 is 10.1 Å². The summed E-state index contributed by atoms with van der Waals surface area (Å²) in [5, 5.41) is 12.4. The lowest BCUT2D eigenvalue weighted by molar-refractivity contribution is 0.216. The smallest absolute Gasteiger partial charge is 0.137 e. The van der Waals surface area contributed by atoms with Gasteiger partial charge in [-0.3, -0.25) is 4.98 Å². The van der Waals surface area contributed by atoms with Gasteiger partial charge in [0.25, 0.3) is 0 Å². The number of pyridine rings is 1. The molecule has 3 atom stereocenters. The summed E-state index contributed by atoms with van der Waals surface area (Å²) in [4.78, 5) is 4.23. The Kier molecular flexibility index (Phi) is 3.48. The average molecular weight is 248 g/mol. The first kappa shape index (κ1) is 11.9. The van der Waals surface area contributed by atoms with Crippen LogP contribution in [0.2, 0.25) is 0 Å². The van der Waals surface area contributed by atoms with Crippen molar-refractivity contribution >= 4 is 0 Å². The summed E-state index contributed by atoms with van der Waals surface area (Å²) in [6.45, 7) is 2.16. The Hall–Kier alpha value is -1.13. The maximum Gasteiger partial charge on any atom is 0.137 e. The third-order valence-corrected chi connectivity index (χ3v) is 3.95. The Labute approximate surface area is 107 Å².